The number of fused-ring (bicyclic) bond motifs is 1. The first kappa shape index (κ1) is 12.3. The van der Waals surface area contributed by atoms with E-state index in [2.05, 4.69) is 35.2 Å². The van der Waals surface area contributed by atoms with Gasteiger partial charge in [-0.15, -0.1) is 0 Å². The molecular weight excluding hydrogens is 236 g/mol. The van der Waals surface area contributed by atoms with Gasteiger partial charge in [-0.05, 0) is 36.6 Å². The lowest BCUT2D eigenvalue weighted by Gasteiger charge is -2.11. The molecule has 1 aromatic heterocycles. The Morgan fingerprint density at radius 2 is 2.21 bits per heavy atom. The Labute approximate surface area is 114 Å². The van der Waals surface area contributed by atoms with Gasteiger partial charge in [0.25, 0.3) is 0 Å². The van der Waals surface area contributed by atoms with E-state index in [0.29, 0.717) is 0 Å². The molecule has 1 aliphatic heterocycles. The zero-order valence-corrected chi connectivity index (χ0v) is 11.3. The van der Waals surface area contributed by atoms with Crippen molar-refractivity contribution in [2.24, 2.45) is 5.73 Å². The fraction of sp³-hybridized carbons (Fsp3) is 0.375. The number of ether oxygens (including phenoxy) is 1. The number of hydrogen-bond acceptors (Lipinski definition) is 2. The Kier molecular flexibility index (Phi) is 3.30. The van der Waals surface area contributed by atoms with Crippen molar-refractivity contribution in [3.05, 3.63) is 53.9 Å². The summed E-state index contributed by atoms with van der Waals surface area (Å²) in [7, 11) is 0. The highest BCUT2D eigenvalue weighted by Gasteiger charge is 2.22. The van der Waals surface area contributed by atoms with E-state index in [-0.39, 0.29) is 12.1 Å². The standard InChI is InChI=1S/C16H20N2O/c1-12(17)8-13-6-7-18(10-13)11-15-9-14-4-2-3-5-16(14)19-15/h2-7,10,12,15H,8-9,11,17H2,1H3. The topological polar surface area (TPSA) is 40.2 Å². The molecule has 0 fully saturated rings. The monoisotopic (exact) mass is 256 g/mol. The van der Waals surface area contributed by atoms with E-state index < -0.39 is 0 Å². The minimum absolute atomic E-state index is 0.211. The van der Waals surface area contributed by atoms with Gasteiger partial charge >= 0.3 is 0 Å². The lowest BCUT2D eigenvalue weighted by atomic mass is 10.1. The Morgan fingerprint density at radius 1 is 1.37 bits per heavy atom. The molecule has 3 nitrogen and oxygen atoms in total. The van der Waals surface area contributed by atoms with E-state index in [4.69, 9.17) is 10.5 Å². The summed E-state index contributed by atoms with van der Waals surface area (Å²) in [5.41, 5.74) is 8.43. The van der Waals surface area contributed by atoms with Crippen molar-refractivity contribution in [3.8, 4) is 5.75 Å². The molecule has 2 atom stereocenters. The third kappa shape index (κ3) is 2.82. The molecule has 19 heavy (non-hydrogen) atoms. The van der Waals surface area contributed by atoms with E-state index in [0.717, 1.165) is 25.1 Å². The van der Waals surface area contributed by atoms with Gasteiger partial charge in [0, 0.05) is 24.9 Å². The third-order valence-corrected chi connectivity index (χ3v) is 3.50. The highest BCUT2D eigenvalue weighted by Crippen LogP contribution is 2.28. The van der Waals surface area contributed by atoms with Gasteiger partial charge < -0.3 is 15.0 Å². The van der Waals surface area contributed by atoms with Crippen LogP contribution < -0.4 is 10.5 Å². The van der Waals surface area contributed by atoms with Crippen LogP contribution in [0, 0.1) is 0 Å². The summed E-state index contributed by atoms with van der Waals surface area (Å²) in [5, 5.41) is 0. The predicted octanol–water partition coefficient (Wildman–Crippen LogP) is 2.38. The smallest absolute Gasteiger partial charge is 0.123 e. The lowest BCUT2D eigenvalue weighted by molar-refractivity contribution is 0.209. The second-order valence-electron chi connectivity index (χ2n) is 5.45. The van der Waals surface area contributed by atoms with Crippen molar-refractivity contribution in [2.45, 2.75) is 38.5 Å². The molecule has 2 N–H and O–H groups in total. The van der Waals surface area contributed by atoms with Crippen LogP contribution in [0.1, 0.15) is 18.1 Å². The zero-order valence-electron chi connectivity index (χ0n) is 11.3. The molecule has 0 radical (unpaired) electrons. The van der Waals surface area contributed by atoms with Gasteiger partial charge in [-0.3, -0.25) is 0 Å². The van der Waals surface area contributed by atoms with Gasteiger partial charge in [-0.1, -0.05) is 18.2 Å². The largest absolute Gasteiger partial charge is 0.488 e. The first-order valence-electron chi connectivity index (χ1n) is 6.85. The van der Waals surface area contributed by atoms with E-state index >= 15 is 0 Å². The molecule has 2 aromatic rings. The van der Waals surface area contributed by atoms with Crippen LogP contribution in [0.15, 0.2) is 42.7 Å². The first-order chi connectivity index (χ1) is 9.20. The molecule has 3 heteroatoms. The Hall–Kier alpha value is -1.74. The highest BCUT2D eigenvalue weighted by molar-refractivity contribution is 5.37. The van der Waals surface area contributed by atoms with Crippen LogP contribution in [0.25, 0.3) is 0 Å². The van der Waals surface area contributed by atoms with E-state index in [1.807, 2.05) is 19.1 Å². The summed E-state index contributed by atoms with van der Waals surface area (Å²) in [6.07, 6.45) is 6.46. The van der Waals surface area contributed by atoms with E-state index in [1.54, 1.807) is 0 Å². The van der Waals surface area contributed by atoms with E-state index in [1.165, 1.54) is 11.1 Å². The molecule has 1 aromatic carbocycles. The number of nitrogens with zero attached hydrogens (tertiary/aromatic N) is 1. The Morgan fingerprint density at radius 3 is 3.00 bits per heavy atom. The van der Waals surface area contributed by atoms with Gasteiger partial charge in [0.2, 0.25) is 0 Å². The van der Waals surface area contributed by atoms with Crippen LogP contribution in [0.2, 0.25) is 0 Å². The van der Waals surface area contributed by atoms with Gasteiger partial charge in [0.05, 0.1) is 6.54 Å². The van der Waals surface area contributed by atoms with E-state index in [9.17, 15) is 0 Å². The number of hydrogen-bond donors (Lipinski definition) is 1. The van der Waals surface area contributed by atoms with Crippen LogP contribution in [0.3, 0.4) is 0 Å². The molecule has 2 heterocycles. The highest BCUT2D eigenvalue weighted by atomic mass is 16.5. The first-order valence-corrected chi connectivity index (χ1v) is 6.85. The fourth-order valence-electron chi connectivity index (χ4n) is 2.69. The quantitative estimate of drug-likeness (QED) is 0.912. The molecule has 0 saturated carbocycles. The van der Waals surface area contributed by atoms with Crippen LogP contribution in [-0.4, -0.2) is 16.7 Å². The SMILES string of the molecule is CC(N)Cc1ccn(CC2Cc3ccccc3O2)c1. The summed E-state index contributed by atoms with van der Waals surface area (Å²) in [6.45, 7) is 2.93. The maximum Gasteiger partial charge on any atom is 0.123 e. The van der Waals surface area contributed by atoms with Crippen molar-refractivity contribution in [2.75, 3.05) is 0 Å². The number of nitrogens with two attached hydrogens (primary N) is 1. The van der Waals surface area contributed by atoms with Gasteiger partial charge in [0.1, 0.15) is 11.9 Å². The molecule has 1 aliphatic rings. The van der Waals surface area contributed by atoms with Crippen LogP contribution >= 0.6 is 0 Å². The summed E-state index contributed by atoms with van der Waals surface area (Å²) in [5.74, 6) is 1.04. The lowest BCUT2D eigenvalue weighted by Crippen LogP contribution is -2.20. The molecule has 0 spiro atoms. The second kappa shape index (κ2) is 5.10. The molecular formula is C16H20N2O. The third-order valence-electron chi connectivity index (χ3n) is 3.50. The minimum Gasteiger partial charge on any atom is -0.488 e. The molecule has 0 saturated heterocycles. The Balaban J connectivity index is 1.63. The van der Waals surface area contributed by atoms with Crippen molar-refractivity contribution < 1.29 is 4.74 Å². The van der Waals surface area contributed by atoms with Crippen molar-refractivity contribution in [3.63, 3.8) is 0 Å². The molecule has 0 amide bonds. The molecule has 0 aliphatic carbocycles. The molecule has 0 bridgehead atoms. The molecule has 100 valence electrons. The van der Waals surface area contributed by atoms with Crippen molar-refractivity contribution in [1.29, 1.82) is 0 Å². The average molecular weight is 256 g/mol. The summed E-state index contributed by atoms with van der Waals surface area (Å²) >= 11 is 0. The van der Waals surface area contributed by atoms with Crippen LogP contribution in [-0.2, 0) is 19.4 Å². The molecule has 3 rings (SSSR count). The van der Waals surface area contributed by atoms with Crippen molar-refractivity contribution in [1.82, 2.24) is 4.57 Å². The maximum absolute atomic E-state index is 5.96. The maximum atomic E-state index is 5.96. The van der Waals surface area contributed by atoms with Gasteiger partial charge in [-0.2, -0.15) is 0 Å². The average Bonchev–Trinajstić information content (AvgIpc) is 2.94. The summed E-state index contributed by atoms with van der Waals surface area (Å²) in [4.78, 5) is 0. The fourth-order valence-corrected chi connectivity index (χ4v) is 2.69. The second-order valence-corrected chi connectivity index (χ2v) is 5.45. The number of para-hydroxylation sites is 1. The summed E-state index contributed by atoms with van der Waals surface area (Å²) in [6, 6.07) is 10.6. The zero-order chi connectivity index (χ0) is 13.2. The van der Waals surface area contributed by atoms with Gasteiger partial charge in [0.15, 0.2) is 0 Å². The minimum atomic E-state index is 0.211. The van der Waals surface area contributed by atoms with Crippen molar-refractivity contribution >= 4 is 0 Å². The number of aromatic nitrogens is 1. The predicted molar refractivity (Wildman–Crippen MR) is 76.3 cm³/mol. The molecule has 2 unspecified atom stereocenters. The Bertz CT molecular complexity index is 534. The number of rotatable bonds is 4. The van der Waals surface area contributed by atoms with Crippen LogP contribution in [0.4, 0.5) is 0 Å². The van der Waals surface area contributed by atoms with Gasteiger partial charge in [-0.25, -0.2) is 0 Å². The van der Waals surface area contributed by atoms with Crippen LogP contribution in [0.5, 0.6) is 5.75 Å². The normalized spacial score (nSPS) is 18.9. The number of benzene rings is 1. The summed E-state index contributed by atoms with van der Waals surface area (Å²) < 4.78 is 8.16.